The molecule has 2 heterocycles. The van der Waals surface area contributed by atoms with Crippen LogP contribution in [0.4, 0.5) is 0 Å². The molecule has 0 fully saturated rings. The van der Waals surface area contributed by atoms with Crippen LogP contribution in [0.25, 0.3) is 21.5 Å². The van der Waals surface area contributed by atoms with Gasteiger partial charge in [-0.15, -0.1) is 47.2 Å². The van der Waals surface area contributed by atoms with Crippen LogP contribution in [0.3, 0.4) is 0 Å². The van der Waals surface area contributed by atoms with E-state index in [1.807, 2.05) is 29.6 Å². The van der Waals surface area contributed by atoms with Gasteiger partial charge < -0.3 is 5.11 Å². The molecule has 0 saturated carbocycles. The van der Waals surface area contributed by atoms with Gasteiger partial charge in [-0.05, 0) is 36.4 Å². The SMILES string of the molecule is CC(=O)/C=C(/C)O.[Pt].[c-]1ccccc1-c1ncnc2sccc12. The molecule has 122 valence electrons. The summed E-state index contributed by atoms with van der Waals surface area (Å²) in [5, 5.41) is 11.5. The van der Waals surface area contributed by atoms with Crippen LogP contribution in [0, 0.1) is 6.07 Å². The molecular weight excluding hydrogens is 491 g/mol. The second-order valence-corrected chi connectivity index (χ2v) is 5.43. The summed E-state index contributed by atoms with van der Waals surface area (Å²) < 4.78 is 0. The molecule has 0 bridgehead atoms. The quantitative estimate of drug-likeness (QED) is 0.322. The van der Waals surface area contributed by atoms with E-state index in [1.165, 1.54) is 19.9 Å². The number of allylic oxidation sites excluding steroid dienone is 2. The third-order valence-corrected chi connectivity index (χ3v) is 3.46. The second-order valence-electron chi connectivity index (χ2n) is 4.53. The standard InChI is InChI=1S/C12H7N2S.C5H8O2.Pt/c1-2-4-9(5-3-1)11-10-6-7-15-12(10)14-8-13-11;1-4(6)3-5(2)7;/h1-4,6-8H;3,6H,1-2H3;/q-1;;/b;4-3-;. The van der Waals surface area contributed by atoms with E-state index in [2.05, 4.69) is 22.1 Å². The van der Waals surface area contributed by atoms with Crippen LogP contribution in [0.2, 0.25) is 0 Å². The first-order valence-corrected chi connectivity index (χ1v) is 7.49. The second kappa shape index (κ2) is 9.33. The topological polar surface area (TPSA) is 63.1 Å². The van der Waals surface area contributed by atoms with Gasteiger partial charge in [0.2, 0.25) is 0 Å². The fourth-order valence-electron chi connectivity index (χ4n) is 1.84. The van der Waals surface area contributed by atoms with Crippen molar-refractivity contribution < 1.29 is 31.0 Å². The molecule has 0 spiro atoms. The van der Waals surface area contributed by atoms with Crippen molar-refractivity contribution in [1.29, 1.82) is 0 Å². The van der Waals surface area contributed by atoms with Gasteiger partial charge in [0.15, 0.2) is 5.78 Å². The minimum Gasteiger partial charge on any atom is -0.512 e. The summed E-state index contributed by atoms with van der Waals surface area (Å²) in [6, 6.07) is 13.1. The van der Waals surface area contributed by atoms with Gasteiger partial charge in [0, 0.05) is 27.1 Å². The van der Waals surface area contributed by atoms with Gasteiger partial charge >= 0.3 is 0 Å². The van der Waals surface area contributed by atoms with Crippen molar-refractivity contribution in [3.05, 3.63) is 59.9 Å². The zero-order chi connectivity index (χ0) is 15.9. The normalized spacial score (nSPS) is 10.4. The maximum atomic E-state index is 10.0. The number of aromatic nitrogens is 2. The zero-order valence-corrected chi connectivity index (χ0v) is 15.7. The maximum absolute atomic E-state index is 10.0. The van der Waals surface area contributed by atoms with Gasteiger partial charge in [0.25, 0.3) is 0 Å². The number of fused-ring (bicyclic) bond motifs is 1. The third kappa shape index (κ3) is 5.70. The van der Waals surface area contributed by atoms with Crippen LogP contribution < -0.4 is 0 Å². The number of hydrogen-bond acceptors (Lipinski definition) is 5. The fraction of sp³-hybridized carbons (Fsp3) is 0.118. The molecule has 1 aromatic carbocycles. The van der Waals surface area contributed by atoms with Gasteiger partial charge in [-0.25, -0.2) is 4.98 Å². The van der Waals surface area contributed by atoms with Crippen LogP contribution in [0.1, 0.15) is 13.8 Å². The average Bonchev–Trinajstić information content (AvgIpc) is 2.95. The molecule has 3 rings (SSSR count). The molecule has 0 amide bonds. The predicted molar refractivity (Wildman–Crippen MR) is 88.8 cm³/mol. The van der Waals surface area contributed by atoms with E-state index < -0.39 is 0 Å². The number of rotatable bonds is 2. The number of thiophene rings is 1. The summed E-state index contributed by atoms with van der Waals surface area (Å²) in [7, 11) is 0. The van der Waals surface area contributed by atoms with Crippen molar-refractivity contribution in [2.45, 2.75) is 13.8 Å². The molecule has 0 atom stereocenters. The van der Waals surface area contributed by atoms with Crippen molar-refractivity contribution in [3.63, 3.8) is 0 Å². The first kappa shape index (κ1) is 19.2. The Hall–Kier alpha value is -1.84. The first-order chi connectivity index (χ1) is 10.6. The molecule has 0 unspecified atom stereocenters. The number of benzene rings is 1. The van der Waals surface area contributed by atoms with Crippen LogP contribution in [-0.2, 0) is 25.9 Å². The Morgan fingerprint density at radius 1 is 1.26 bits per heavy atom. The Morgan fingerprint density at radius 3 is 2.61 bits per heavy atom. The van der Waals surface area contributed by atoms with E-state index in [0.717, 1.165) is 21.5 Å². The number of aliphatic hydroxyl groups excluding tert-OH is 1. The van der Waals surface area contributed by atoms with E-state index in [-0.39, 0.29) is 32.6 Å². The van der Waals surface area contributed by atoms with Crippen LogP contribution in [0.15, 0.2) is 53.9 Å². The van der Waals surface area contributed by atoms with Crippen molar-refractivity contribution >= 4 is 27.3 Å². The minimum atomic E-state index is -0.125. The Bertz CT molecular complexity index is 796. The molecule has 1 N–H and O–H groups in total. The predicted octanol–water partition coefficient (Wildman–Crippen LogP) is 4.19. The van der Waals surface area contributed by atoms with Crippen LogP contribution in [0.5, 0.6) is 0 Å². The maximum Gasteiger partial charge on any atom is 0.155 e. The molecule has 6 heteroatoms. The van der Waals surface area contributed by atoms with Gasteiger partial charge in [-0.1, -0.05) is 0 Å². The summed E-state index contributed by atoms with van der Waals surface area (Å²) in [6.07, 6.45) is 2.77. The van der Waals surface area contributed by atoms with Crippen LogP contribution in [-0.4, -0.2) is 20.9 Å². The van der Waals surface area contributed by atoms with Crippen molar-refractivity contribution in [1.82, 2.24) is 9.97 Å². The molecule has 2 aromatic heterocycles. The van der Waals surface area contributed by atoms with Crippen molar-refractivity contribution in [2.75, 3.05) is 0 Å². The Labute approximate surface area is 153 Å². The Balaban J connectivity index is 0.000000287. The van der Waals surface area contributed by atoms with E-state index in [4.69, 9.17) is 5.11 Å². The van der Waals surface area contributed by atoms with Crippen molar-refractivity contribution in [3.8, 4) is 11.3 Å². The largest absolute Gasteiger partial charge is 0.512 e. The average molecular weight is 506 g/mol. The van der Waals surface area contributed by atoms with Gasteiger partial charge in [0.1, 0.15) is 11.2 Å². The third-order valence-electron chi connectivity index (χ3n) is 2.64. The molecule has 0 saturated heterocycles. The molecular formula is C17H15N2O2PtS-. The monoisotopic (exact) mass is 506 g/mol. The number of carbonyl (C=O) groups excluding carboxylic acids is 1. The van der Waals surface area contributed by atoms with Gasteiger partial charge in [-0.3, -0.25) is 9.78 Å². The summed E-state index contributed by atoms with van der Waals surface area (Å²) in [6.45, 7) is 2.85. The van der Waals surface area contributed by atoms with E-state index in [0.29, 0.717) is 0 Å². The Morgan fingerprint density at radius 2 is 2.04 bits per heavy atom. The molecule has 0 radical (unpaired) electrons. The van der Waals surface area contributed by atoms with E-state index >= 15 is 0 Å². The summed E-state index contributed by atoms with van der Waals surface area (Å²) in [4.78, 5) is 19.6. The van der Waals surface area contributed by atoms with E-state index in [9.17, 15) is 4.79 Å². The molecule has 0 aliphatic carbocycles. The number of ketones is 1. The minimum absolute atomic E-state index is 0. The zero-order valence-electron chi connectivity index (χ0n) is 12.6. The molecule has 0 aliphatic heterocycles. The summed E-state index contributed by atoms with van der Waals surface area (Å²) in [5.41, 5.74) is 1.98. The van der Waals surface area contributed by atoms with Gasteiger partial charge in [-0.2, -0.15) is 0 Å². The first-order valence-electron chi connectivity index (χ1n) is 6.61. The molecule has 23 heavy (non-hydrogen) atoms. The summed E-state index contributed by atoms with van der Waals surface area (Å²) in [5.74, 6) is -0.0625. The molecule has 4 nitrogen and oxygen atoms in total. The molecule has 0 aliphatic rings. The van der Waals surface area contributed by atoms with Gasteiger partial charge in [0.05, 0.1) is 5.76 Å². The Kier molecular flexibility index (Phi) is 7.79. The molecule has 3 aromatic rings. The number of aliphatic hydroxyl groups is 1. The number of carbonyl (C=O) groups is 1. The smallest absolute Gasteiger partial charge is 0.155 e. The number of nitrogens with zero attached hydrogens (tertiary/aromatic N) is 2. The number of hydrogen-bond donors (Lipinski definition) is 1. The van der Waals surface area contributed by atoms with E-state index in [1.54, 1.807) is 17.7 Å². The summed E-state index contributed by atoms with van der Waals surface area (Å²) >= 11 is 1.63. The fourth-order valence-corrected chi connectivity index (χ4v) is 2.57. The van der Waals surface area contributed by atoms with Crippen molar-refractivity contribution in [2.24, 2.45) is 0 Å². The van der Waals surface area contributed by atoms with Crippen LogP contribution >= 0.6 is 11.3 Å².